The van der Waals surface area contributed by atoms with E-state index in [9.17, 15) is 13.6 Å². The molecule has 0 amide bonds. The molecule has 1 aromatic heterocycles. The summed E-state index contributed by atoms with van der Waals surface area (Å²) in [6.07, 6.45) is 0. The van der Waals surface area contributed by atoms with Crippen LogP contribution < -0.4 is 0 Å². The summed E-state index contributed by atoms with van der Waals surface area (Å²) in [7, 11) is 0. The molecule has 0 aliphatic heterocycles. The summed E-state index contributed by atoms with van der Waals surface area (Å²) in [5.74, 6) is -2.72. The summed E-state index contributed by atoms with van der Waals surface area (Å²) in [5, 5.41) is 1.87. The van der Waals surface area contributed by atoms with Crippen molar-refractivity contribution in [3.8, 4) is 0 Å². The van der Waals surface area contributed by atoms with E-state index in [2.05, 4.69) is 0 Å². The van der Waals surface area contributed by atoms with Crippen molar-refractivity contribution in [2.75, 3.05) is 0 Å². The van der Waals surface area contributed by atoms with Gasteiger partial charge in [0, 0.05) is 0 Å². The highest BCUT2D eigenvalue weighted by Gasteiger charge is 2.21. The standard InChI is InChI=1S/C12H7ClF2OS/c1-6-2-3-7(10(15)9(6)14)11(16)12-8(13)4-5-17-12/h2-5H,1H3. The minimum Gasteiger partial charge on any atom is -0.288 e. The van der Waals surface area contributed by atoms with Crippen LogP contribution in [-0.2, 0) is 0 Å². The van der Waals surface area contributed by atoms with Crippen LogP contribution in [0.2, 0.25) is 5.02 Å². The average Bonchev–Trinajstić information content (AvgIpc) is 2.72. The number of halogens is 3. The normalized spacial score (nSPS) is 10.6. The van der Waals surface area contributed by atoms with Gasteiger partial charge in [-0.15, -0.1) is 11.3 Å². The molecule has 0 aliphatic rings. The molecule has 5 heteroatoms. The number of hydrogen-bond acceptors (Lipinski definition) is 2. The van der Waals surface area contributed by atoms with Crippen LogP contribution in [0.25, 0.3) is 0 Å². The Labute approximate surface area is 106 Å². The van der Waals surface area contributed by atoms with Crippen molar-refractivity contribution in [3.63, 3.8) is 0 Å². The predicted molar refractivity (Wildman–Crippen MR) is 63.9 cm³/mol. The first-order valence-electron chi connectivity index (χ1n) is 4.74. The lowest BCUT2D eigenvalue weighted by Crippen LogP contribution is -2.05. The number of benzene rings is 1. The molecule has 0 N–H and O–H groups in total. The van der Waals surface area contributed by atoms with Crippen molar-refractivity contribution in [3.05, 3.63) is 56.2 Å². The summed E-state index contributed by atoms with van der Waals surface area (Å²) in [6.45, 7) is 1.44. The lowest BCUT2D eigenvalue weighted by atomic mass is 10.1. The Morgan fingerprint density at radius 3 is 2.53 bits per heavy atom. The fourth-order valence-electron chi connectivity index (χ4n) is 1.40. The highest BCUT2D eigenvalue weighted by molar-refractivity contribution is 7.13. The van der Waals surface area contributed by atoms with E-state index in [1.54, 1.807) is 11.4 Å². The van der Waals surface area contributed by atoms with E-state index in [-0.39, 0.29) is 21.0 Å². The van der Waals surface area contributed by atoms with Gasteiger partial charge in [-0.2, -0.15) is 0 Å². The number of hydrogen-bond donors (Lipinski definition) is 0. The number of rotatable bonds is 2. The molecule has 88 valence electrons. The van der Waals surface area contributed by atoms with Crippen LogP contribution in [0.4, 0.5) is 8.78 Å². The van der Waals surface area contributed by atoms with Crippen molar-refractivity contribution in [2.45, 2.75) is 6.92 Å². The van der Waals surface area contributed by atoms with Gasteiger partial charge < -0.3 is 0 Å². The minimum absolute atomic E-state index is 0.163. The molecule has 1 heterocycles. The predicted octanol–water partition coefficient (Wildman–Crippen LogP) is 4.22. The molecular weight excluding hydrogens is 266 g/mol. The Morgan fingerprint density at radius 2 is 1.94 bits per heavy atom. The fourth-order valence-corrected chi connectivity index (χ4v) is 2.49. The Morgan fingerprint density at radius 1 is 1.24 bits per heavy atom. The Hall–Kier alpha value is -1.26. The maximum atomic E-state index is 13.6. The van der Waals surface area contributed by atoms with Crippen LogP contribution >= 0.6 is 22.9 Å². The molecule has 0 spiro atoms. The van der Waals surface area contributed by atoms with Crippen LogP contribution in [0.5, 0.6) is 0 Å². The van der Waals surface area contributed by atoms with E-state index in [0.717, 1.165) is 11.3 Å². The largest absolute Gasteiger partial charge is 0.288 e. The van der Waals surface area contributed by atoms with Gasteiger partial charge in [0.25, 0.3) is 0 Å². The smallest absolute Gasteiger partial charge is 0.207 e. The zero-order valence-electron chi connectivity index (χ0n) is 8.76. The van der Waals surface area contributed by atoms with E-state index in [4.69, 9.17) is 11.6 Å². The third-order valence-electron chi connectivity index (χ3n) is 2.34. The number of carbonyl (C=O) groups is 1. The van der Waals surface area contributed by atoms with E-state index in [1.807, 2.05) is 0 Å². The molecular formula is C12H7ClF2OS. The topological polar surface area (TPSA) is 17.1 Å². The van der Waals surface area contributed by atoms with Crippen molar-refractivity contribution in [2.24, 2.45) is 0 Å². The van der Waals surface area contributed by atoms with E-state index in [1.165, 1.54) is 19.1 Å². The third-order valence-corrected chi connectivity index (χ3v) is 3.68. The van der Waals surface area contributed by atoms with Crippen LogP contribution in [0.1, 0.15) is 20.8 Å². The van der Waals surface area contributed by atoms with Crippen LogP contribution in [0.15, 0.2) is 23.6 Å². The molecule has 0 radical (unpaired) electrons. The molecule has 1 nitrogen and oxygen atoms in total. The molecule has 0 fully saturated rings. The van der Waals surface area contributed by atoms with Crippen molar-refractivity contribution >= 4 is 28.7 Å². The first kappa shape index (κ1) is 12.2. The third kappa shape index (κ3) is 2.10. The van der Waals surface area contributed by atoms with Gasteiger partial charge in [0.2, 0.25) is 5.78 Å². The maximum Gasteiger partial charge on any atom is 0.207 e. The number of thiophene rings is 1. The second-order valence-electron chi connectivity index (χ2n) is 3.48. The van der Waals surface area contributed by atoms with Gasteiger partial charge in [0.15, 0.2) is 11.6 Å². The molecule has 0 saturated carbocycles. The number of ketones is 1. The summed E-state index contributed by atoms with van der Waals surface area (Å²) in [5.41, 5.74) is -0.131. The van der Waals surface area contributed by atoms with Crippen LogP contribution in [0.3, 0.4) is 0 Å². The second kappa shape index (κ2) is 4.55. The molecule has 0 unspecified atom stereocenters. The number of aryl methyl sites for hydroxylation is 1. The molecule has 2 aromatic rings. The summed E-state index contributed by atoms with van der Waals surface area (Å²) < 4.78 is 26.9. The first-order chi connectivity index (χ1) is 8.02. The molecule has 17 heavy (non-hydrogen) atoms. The van der Waals surface area contributed by atoms with Gasteiger partial charge in [-0.1, -0.05) is 17.7 Å². The monoisotopic (exact) mass is 272 g/mol. The van der Waals surface area contributed by atoms with E-state index >= 15 is 0 Å². The second-order valence-corrected chi connectivity index (χ2v) is 4.81. The van der Waals surface area contributed by atoms with Gasteiger partial charge in [-0.25, -0.2) is 8.78 Å². The summed E-state index contributed by atoms with van der Waals surface area (Å²) in [4.78, 5) is 12.1. The molecule has 2 rings (SSSR count). The summed E-state index contributed by atoms with van der Waals surface area (Å²) >= 11 is 6.88. The van der Waals surface area contributed by atoms with Gasteiger partial charge in [0.1, 0.15) is 0 Å². The van der Waals surface area contributed by atoms with Gasteiger partial charge in [-0.3, -0.25) is 4.79 Å². The van der Waals surface area contributed by atoms with Gasteiger partial charge in [0.05, 0.1) is 15.5 Å². The first-order valence-corrected chi connectivity index (χ1v) is 6.00. The Bertz CT molecular complexity index is 592. The van der Waals surface area contributed by atoms with E-state index < -0.39 is 17.4 Å². The highest BCUT2D eigenvalue weighted by Crippen LogP contribution is 2.27. The van der Waals surface area contributed by atoms with Gasteiger partial charge >= 0.3 is 0 Å². The Kier molecular flexibility index (Phi) is 3.26. The molecule has 0 atom stereocenters. The molecule has 0 saturated heterocycles. The maximum absolute atomic E-state index is 13.6. The zero-order valence-corrected chi connectivity index (χ0v) is 10.3. The van der Waals surface area contributed by atoms with Gasteiger partial charge in [-0.05, 0) is 30.0 Å². The van der Waals surface area contributed by atoms with Crippen LogP contribution in [-0.4, -0.2) is 5.78 Å². The fraction of sp³-hybridized carbons (Fsp3) is 0.0833. The van der Waals surface area contributed by atoms with Crippen molar-refractivity contribution in [1.82, 2.24) is 0 Å². The lowest BCUT2D eigenvalue weighted by Gasteiger charge is -2.04. The van der Waals surface area contributed by atoms with Crippen LogP contribution in [0, 0.1) is 18.6 Å². The van der Waals surface area contributed by atoms with Crippen molar-refractivity contribution in [1.29, 1.82) is 0 Å². The quantitative estimate of drug-likeness (QED) is 0.748. The zero-order chi connectivity index (χ0) is 12.6. The Balaban J connectivity index is 2.53. The highest BCUT2D eigenvalue weighted by atomic mass is 35.5. The minimum atomic E-state index is -1.13. The lowest BCUT2D eigenvalue weighted by molar-refractivity contribution is 0.103. The number of carbonyl (C=O) groups excluding carboxylic acids is 1. The molecule has 0 aliphatic carbocycles. The SMILES string of the molecule is Cc1ccc(C(=O)c2sccc2Cl)c(F)c1F. The van der Waals surface area contributed by atoms with E-state index in [0.29, 0.717) is 0 Å². The summed E-state index contributed by atoms with van der Waals surface area (Å²) in [6, 6.07) is 4.18. The molecule has 0 bridgehead atoms. The average molecular weight is 273 g/mol. The van der Waals surface area contributed by atoms with Crippen molar-refractivity contribution < 1.29 is 13.6 Å². The molecule has 1 aromatic carbocycles.